The number of hydrogen-bond acceptors (Lipinski definition) is 6. The minimum Gasteiger partial charge on any atom is -0.493 e. The number of fused-ring (bicyclic) bond motifs is 2. The van der Waals surface area contributed by atoms with Crippen LogP contribution in [0.15, 0.2) is 87.6 Å². The van der Waals surface area contributed by atoms with Crippen molar-refractivity contribution >= 4 is 39.7 Å². The van der Waals surface area contributed by atoms with Crippen molar-refractivity contribution in [1.29, 1.82) is 0 Å². The Labute approximate surface area is 218 Å². The molecule has 0 bridgehead atoms. The molecule has 0 spiro atoms. The molecular weight excluding hydrogens is 490 g/mol. The second kappa shape index (κ2) is 10.3. The number of ether oxygens (including phenoxy) is 2. The van der Waals surface area contributed by atoms with E-state index in [0.29, 0.717) is 51.8 Å². The van der Waals surface area contributed by atoms with Crippen molar-refractivity contribution < 1.29 is 13.9 Å². The Bertz CT molecular complexity index is 1720. The summed E-state index contributed by atoms with van der Waals surface area (Å²) < 4.78 is 18.7. The van der Waals surface area contributed by atoms with Gasteiger partial charge in [-0.05, 0) is 67.4 Å². The molecule has 0 amide bonds. The first-order chi connectivity index (χ1) is 18.0. The van der Waals surface area contributed by atoms with Gasteiger partial charge in [-0.3, -0.25) is 4.79 Å². The highest BCUT2D eigenvalue weighted by Crippen LogP contribution is 2.33. The van der Waals surface area contributed by atoms with Crippen LogP contribution in [0.3, 0.4) is 0 Å². The number of rotatable bonds is 8. The van der Waals surface area contributed by atoms with Crippen LogP contribution in [0.1, 0.15) is 18.1 Å². The monoisotopic (exact) mass is 513 g/mol. The van der Waals surface area contributed by atoms with Gasteiger partial charge >= 0.3 is 0 Å². The lowest BCUT2D eigenvalue weighted by Crippen LogP contribution is -2.20. The van der Waals surface area contributed by atoms with Crippen LogP contribution in [0.25, 0.3) is 33.5 Å². The van der Waals surface area contributed by atoms with Crippen LogP contribution in [0.4, 0.5) is 0 Å². The van der Waals surface area contributed by atoms with Gasteiger partial charge in [0.2, 0.25) is 5.82 Å². The largest absolute Gasteiger partial charge is 0.493 e. The van der Waals surface area contributed by atoms with E-state index in [1.807, 2.05) is 25.1 Å². The second-order valence-corrected chi connectivity index (χ2v) is 8.68. The van der Waals surface area contributed by atoms with Gasteiger partial charge in [-0.1, -0.05) is 29.8 Å². The number of benzene rings is 3. The highest BCUT2D eigenvalue weighted by Gasteiger charge is 2.17. The van der Waals surface area contributed by atoms with E-state index in [0.717, 1.165) is 16.5 Å². The lowest BCUT2D eigenvalue weighted by Gasteiger charge is -2.14. The molecule has 0 radical (unpaired) electrons. The van der Waals surface area contributed by atoms with Crippen molar-refractivity contribution in [2.24, 2.45) is 5.10 Å². The third-order valence-corrected chi connectivity index (χ3v) is 6.04. The number of methoxy groups -OCH3 is 1. The lowest BCUT2D eigenvalue weighted by molar-refractivity contribution is 0.308. The van der Waals surface area contributed by atoms with Gasteiger partial charge in [0.25, 0.3) is 5.56 Å². The standard InChI is InChI=1S/C29H24ClN3O4/c1-4-8-19-13-18(14-25(35-3)27(19)36-5-2)17-31-33-28(32-23-10-7-6-9-22(23)29(33)34)26-16-20-15-21(30)11-12-24(20)37-26/h4,6-7,9-17H,1,5,8H2,2-3H3. The molecule has 186 valence electrons. The number of furan rings is 1. The molecule has 2 heterocycles. The fourth-order valence-electron chi connectivity index (χ4n) is 4.16. The number of halogens is 1. The molecule has 7 nitrogen and oxygen atoms in total. The summed E-state index contributed by atoms with van der Waals surface area (Å²) in [7, 11) is 1.58. The fourth-order valence-corrected chi connectivity index (χ4v) is 4.34. The van der Waals surface area contributed by atoms with Crippen LogP contribution in [0.5, 0.6) is 11.5 Å². The molecule has 0 unspecified atom stereocenters. The Balaban J connectivity index is 1.68. The molecule has 0 aliphatic carbocycles. The molecule has 37 heavy (non-hydrogen) atoms. The first kappa shape index (κ1) is 24.3. The highest BCUT2D eigenvalue weighted by atomic mass is 35.5. The van der Waals surface area contributed by atoms with Gasteiger partial charge in [0, 0.05) is 16.0 Å². The van der Waals surface area contributed by atoms with Crippen LogP contribution in [0, 0.1) is 0 Å². The van der Waals surface area contributed by atoms with E-state index in [4.69, 9.17) is 30.5 Å². The van der Waals surface area contributed by atoms with Crippen molar-refractivity contribution in [3.63, 3.8) is 0 Å². The van der Waals surface area contributed by atoms with Gasteiger partial charge in [0.1, 0.15) is 5.58 Å². The van der Waals surface area contributed by atoms with Crippen LogP contribution in [-0.2, 0) is 6.42 Å². The van der Waals surface area contributed by atoms with E-state index in [-0.39, 0.29) is 11.4 Å². The SMILES string of the molecule is C=CCc1cc(C=Nn2c(-c3cc4cc(Cl)ccc4o3)nc3ccccc3c2=O)cc(OC)c1OCC. The van der Waals surface area contributed by atoms with Crippen molar-refractivity contribution in [1.82, 2.24) is 9.66 Å². The second-order valence-electron chi connectivity index (χ2n) is 8.24. The summed E-state index contributed by atoms with van der Waals surface area (Å²) in [6, 6.07) is 18.0. The molecule has 5 rings (SSSR count). The third kappa shape index (κ3) is 4.73. The van der Waals surface area contributed by atoms with E-state index in [2.05, 4.69) is 11.7 Å². The Morgan fingerprint density at radius 3 is 2.78 bits per heavy atom. The molecule has 0 saturated heterocycles. The summed E-state index contributed by atoms with van der Waals surface area (Å²) in [5.41, 5.74) is 2.47. The number of allylic oxidation sites excluding steroid dienone is 1. The molecule has 0 aliphatic rings. The maximum atomic E-state index is 13.5. The van der Waals surface area contributed by atoms with Gasteiger partial charge in [-0.25, -0.2) is 4.98 Å². The summed E-state index contributed by atoms with van der Waals surface area (Å²) in [6.07, 6.45) is 3.96. The van der Waals surface area contributed by atoms with Gasteiger partial charge in [0.15, 0.2) is 17.3 Å². The van der Waals surface area contributed by atoms with Gasteiger partial charge < -0.3 is 13.9 Å². The van der Waals surface area contributed by atoms with Crippen molar-refractivity contribution in [3.05, 3.63) is 99.8 Å². The van der Waals surface area contributed by atoms with Crippen molar-refractivity contribution in [2.75, 3.05) is 13.7 Å². The predicted octanol–water partition coefficient (Wildman–Crippen LogP) is 6.48. The molecule has 0 fully saturated rings. The lowest BCUT2D eigenvalue weighted by atomic mass is 10.1. The quantitative estimate of drug-likeness (QED) is 0.175. The average Bonchev–Trinajstić information content (AvgIpc) is 3.32. The first-order valence-corrected chi connectivity index (χ1v) is 12.1. The zero-order valence-corrected chi connectivity index (χ0v) is 21.2. The molecule has 5 aromatic rings. The normalized spacial score (nSPS) is 11.4. The van der Waals surface area contributed by atoms with Crippen molar-refractivity contribution in [3.8, 4) is 23.1 Å². The zero-order chi connectivity index (χ0) is 25.9. The molecule has 0 N–H and O–H groups in total. The molecular formula is C29H24ClN3O4. The Morgan fingerprint density at radius 2 is 2.00 bits per heavy atom. The minimum atomic E-state index is -0.320. The summed E-state index contributed by atoms with van der Waals surface area (Å²) >= 11 is 6.16. The van der Waals surface area contributed by atoms with E-state index in [9.17, 15) is 4.79 Å². The predicted molar refractivity (Wildman–Crippen MR) is 147 cm³/mol. The third-order valence-electron chi connectivity index (χ3n) is 5.80. The van der Waals surface area contributed by atoms with Crippen LogP contribution >= 0.6 is 11.6 Å². The Kier molecular flexibility index (Phi) is 6.79. The van der Waals surface area contributed by atoms with E-state index < -0.39 is 0 Å². The first-order valence-electron chi connectivity index (χ1n) is 11.7. The van der Waals surface area contributed by atoms with Crippen LogP contribution in [0.2, 0.25) is 5.02 Å². The van der Waals surface area contributed by atoms with E-state index in [1.165, 1.54) is 4.68 Å². The molecule has 8 heteroatoms. The summed E-state index contributed by atoms with van der Waals surface area (Å²) in [5, 5.41) is 6.38. The van der Waals surface area contributed by atoms with E-state index >= 15 is 0 Å². The topological polar surface area (TPSA) is 78.9 Å². The number of hydrogen-bond donors (Lipinski definition) is 0. The fraction of sp³-hybridized carbons (Fsp3) is 0.138. The average molecular weight is 514 g/mol. The van der Waals surface area contributed by atoms with Gasteiger partial charge in [-0.15, -0.1) is 6.58 Å². The van der Waals surface area contributed by atoms with E-state index in [1.54, 1.807) is 61.9 Å². The molecule has 2 aromatic heterocycles. The number of para-hydroxylation sites is 1. The van der Waals surface area contributed by atoms with Crippen LogP contribution in [-0.4, -0.2) is 29.6 Å². The molecule has 3 aromatic carbocycles. The number of aromatic nitrogens is 2. The zero-order valence-electron chi connectivity index (χ0n) is 20.4. The molecule has 0 atom stereocenters. The maximum Gasteiger partial charge on any atom is 0.282 e. The maximum absolute atomic E-state index is 13.5. The number of nitrogens with zero attached hydrogens (tertiary/aromatic N) is 3. The van der Waals surface area contributed by atoms with Gasteiger partial charge in [-0.2, -0.15) is 9.78 Å². The van der Waals surface area contributed by atoms with Gasteiger partial charge in [0.05, 0.1) is 30.8 Å². The minimum absolute atomic E-state index is 0.275. The summed E-state index contributed by atoms with van der Waals surface area (Å²) in [5.74, 6) is 1.90. The van der Waals surface area contributed by atoms with Crippen LogP contribution < -0.4 is 15.0 Å². The van der Waals surface area contributed by atoms with Crippen molar-refractivity contribution in [2.45, 2.75) is 13.3 Å². The Hall–Kier alpha value is -4.36. The molecule has 0 aliphatic heterocycles. The summed E-state index contributed by atoms with van der Waals surface area (Å²) in [6.45, 7) is 6.26. The smallest absolute Gasteiger partial charge is 0.282 e. The summed E-state index contributed by atoms with van der Waals surface area (Å²) in [4.78, 5) is 18.3. The Morgan fingerprint density at radius 1 is 1.16 bits per heavy atom. The highest BCUT2D eigenvalue weighted by molar-refractivity contribution is 6.31. The molecule has 0 saturated carbocycles.